The van der Waals surface area contributed by atoms with E-state index in [4.69, 9.17) is 9.84 Å². The molecule has 1 aliphatic heterocycles. The van der Waals surface area contributed by atoms with Crippen molar-refractivity contribution in [2.75, 3.05) is 13.7 Å². The van der Waals surface area contributed by atoms with Gasteiger partial charge in [0.15, 0.2) is 0 Å². The molecular weight excluding hydrogens is 374 g/mol. The summed E-state index contributed by atoms with van der Waals surface area (Å²) in [5.41, 5.74) is -0.255. The van der Waals surface area contributed by atoms with Gasteiger partial charge in [0.1, 0.15) is 11.6 Å². The van der Waals surface area contributed by atoms with Crippen molar-refractivity contribution < 1.29 is 33.0 Å². The molecule has 1 aliphatic rings. The zero-order valence-electron chi connectivity index (χ0n) is 15.6. The standard InChI is InChI=1S/C19H22F2N2O5/c1-11-15(18(26)28-2)17(16-12(20)7-6-8-13(16)21)22-19(27)23(11)10-5-3-4-9-14(24)25/h6-8,17H,3-5,9-10H2,1-2H3,(H,22,27)(H,24,25). The predicted molar refractivity (Wildman–Crippen MR) is 95.2 cm³/mol. The van der Waals surface area contributed by atoms with Gasteiger partial charge in [0, 0.05) is 18.7 Å². The zero-order chi connectivity index (χ0) is 20.8. The molecule has 28 heavy (non-hydrogen) atoms. The van der Waals surface area contributed by atoms with E-state index in [1.165, 1.54) is 17.9 Å². The maximum absolute atomic E-state index is 14.3. The van der Waals surface area contributed by atoms with Gasteiger partial charge >= 0.3 is 18.0 Å². The number of halogens is 2. The number of methoxy groups -OCH3 is 1. The van der Waals surface area contributed by atoms with Crippen molar-refractivity contribution in [1.82, 2.24) is 10.2 Å². The molecule has 1 aromatic carbocycles. The van der Waals surface area contributed by atoms with Crippen LogP contribution < -0.4 is 5.32 Å². The van der Waals surface area contributed by atoms with E-state index >= 15 is 0 Å². The van der Waals surface area contributed by atoms with Crippen LogP contribution >= 0.6 is 0 Å². The first-order chi connectivity index (χ1) is 13.3. The molecule has 0 radical (unpaired) electrons. The van der Waals surface area contributed by atoms with Crippen molar-refractivity contribution in [3.8, 4) is 0 Å². The van der Waals surface area contributed by atoms with E-state index in [0.717, 1.165) is 19.2 Å². The number of aliphatic carboxylic acids is 1. The van der Waals surface area contributed by atoms with Crippen LogP contribution in [0.25, 0.3) is 0 Å². The number of nitrogens with one attached hydrogen (secondary N) is 1. The summed E-state index contributed by atoms with van der Waals surface area (Å²) in [4.78, 5) is 36.7. The molecule has 152 valence electrons. The van der Waals surface area contributed by atoms with E-state index < -0.39 is 41.2 Å². The number of carboxylic acid groups (broad SMARTS) is 1. The second-order valence-corrected chi connectivity index (χ2v) is 6.36. The predicted octanol–water partition coefficient (Wildman–Crippen LogP) is 3.12. The fraction of sp³-hybridized carbons (Fsp3) is 0.421. The van der Waals surface area contributed by atoms with Gasteiger partial charge in [0.25, 0.3) is 0 Å². The number of unbranched alkanes of at least 4 members (excludes halogenated alkanes) is 2. The summed E-state index contributed by atoms with van der Waals surface area (Å²) >= 11 is 0. The van der Waals surface area contributed by atoms with Gasteiger partial charge in [-0.15, -0.1) is 0 Å². The van der Waals surface area contributed by atoms with E-state index in [2.05, 4.69) is 5.32 Å². The molecule has 1 unspecified atom stereocenters. The van der Waals surface area contributed by atoms with E-state index in [0.29, 0.717) is 19.3 Å². The average Bonchev–Trinajstić information content (AvgIpc) is 2.62. The average molecular weight is 396 g/mol. The van der Waals surface area contributed by atoms with Crippen LogP contribution in [0.5, 0.6) is 0 Å². The highest BCUT2D eigenvalue weighted by molar-refractivity contribution is 5.95. The summed E-state index contributed by atoms with van der Waals surface area (Å²) in [6, 6.07) is 1.37. The number of hydrogen-bond acceptors (Lipinski definition) is 4. The molecule has 1 atom stereocenters. The summed E-state index contributed by atoms with van der Waals surface area (Å²) in [6.07, 6.45) is 1.57. The molecule has 0 spiro atoms. The van der Waals surface area contributed by atoms with Crippen molar-refractivity contribution in [3.63, 3.8) is 0 Å². The maximum atomic E-state index is 14.3. The Morgan fingerprint density at radius 1 is 1.21 bits per heavy atom. The minimum absolute atomic E-state index is 0.0308. The van der Waals surface area contributed by atoms with Crippen LogP contribution in [-0.2, 0) is 14.3 Å². The quantitative estimate of drug-likeness (QED) is 0.520. The lowest BCUT2D eigenvalue weighted by atomic mass is 9.94. The Kier molecular flexibility index (Phi) is 7.08. The second-order valence-electron chi connectivity index (χ2n) is 6.36. The smallest absolute Gasteiger partial charge is 0.337 e. The third-order valence-electron chi connectivity index (χ3n) is 4.56. The minimum atomic E-state index is -1.32. The van der Waals surface area contributed by atoms with Gasteiger partial charge in [0.05, 0.1) is 24.3 Å². The number of nitrogens with zero attached hydrogens (tertiary/aromatic N) is 1. The number of hydrogen-bond donors (Lipinski definition) is 2. The first-order valence-electron chi connectivity index (χ1n) is 8.80. The molecule has 9 heteroatoms. The van der Waals surface area contributed by atoms with E-state index in [9.17, 15) is 23.2 Å². The second kappa shape index (κ2) is 9.29. The fourth-order valence-electron chi connectivity index (χ4n) is 3.15. The Morgan fingerprint density at radius 2 is 1.86 bits per heavy atom. The van der Waals surface area contributed by atoms with Crippen LogP contribution in [-0.4, -0.2) is 41.6 Å². The van der Waals surface area contributed by atoms with Crippen molar-refractivity contribution in [2.45, 2.75) is 38.6 Å². The van der Waals surface area contributed by atoms with Gasteiger partial charge in [-0.2, -0.15) is 0 Å². The largest absolute Gasteiger partial charge is 0.481 e. The number of carbonyl (C=O) groups is 3. The number of allylic oxidation sites excluding steroid dienone is 1. The lowest BCUT2D eigenvalue weighted by Gasteiger charge is -2.35. The third-order valence-corrected chi connectivity index (χ3v) is 4.56. The number of urea groups is 1. The molecule has 0 saturated carbocycles. The van der Waals surface area contributed by atoms with Crippen molar-refractivity contribution >= 4 is 18.0 Å². The molecule has 0 aliphatic carbocycles. The normalized spacial score (nSPS) is 16.8. The highest BCUT2D eigenvalue weighted by atomic mass is 19.1. The first-order valence-corrected chi connectivity index (χ1v) is 8.80. The van der Waals surface area contributed by atoms with Gasteiger partial charge in [-0.3, -0.25) is 9.69 Å². The number of carbonyl (C=O) groups excluding carboxylic acids is 2. The molecule has 2 N–H and O–H groups in total. The number of carboxylic acids is 1. The highest BCUT2D eigenvalue weighted by Crippen LogP contribution is 2.34. The molecule has 2 amide bonds. The number of rotatable bonds is 8. The van der Waals surface area contributed by atoms with E-state index in [1.807, 2.05) is 0 Å². The van der Waals surface area contributed by atoms with Gasteiger partial charge in [0.2, 0.25) is 0 Å². The van der Waals surface area contributed by atoms with E-state index in [1.54, 1.807) is 0 Å². The first kappa shape index (κ1) is 21.3. The van der Waals surface area contributed by atoms with Crippen LogP contribution in [0.1, 0.15) is 44.2 Å². The molecule has 0 fully saturated rings. The molecular formula is C19H22F2N2O5. The molecule has 1 aromatic rings. The Hall–Kier alpha value is -2.97. The monoisotopic (exact) mass is 396 g/mol. The van der Waals surface area contributed by atoms with Crippen LogP contribution in [0.2, 0.25) is 0 Å². The number of esters is 1. The molecule has 0 aromatic heterocycles. The van der Waals surface area contributed by atoms with Crippen molar-refractivity contribution in [3.05, 3.63) is 46.7 Å². The Morgan fingerprint density at radius 3 is 2.43 bits per heavy atom. The van der Waals surface area contributed by atoms with Gasteiger partial charge < -0.3 is 15.2 Å². The Bertz CT molecular complexity index is 789. The zero-order valence-corrected chi connectivity index (χ0v) is 15.6. The van der Waals surface area contributed by atoms with Crippen LogP contribution in [0, 0.1) is 11.6 Å². The summed E-state index contributed by atoms with van der Waals surface area (Å²) < 4.78 is 33.3. The summed E-state index contributed by atoms with van der Waals surface area (Å²) in [5, 5.41) is 11.1. The molecule has 1 heterocycles. The molecule has 2 rings (SSSR count). The molecule has 7 nitrogen and oxygen atoms in total. The van der Waals surface area contributed by atoms with Crippen LogP contribution in [0.3, 0.4) is 0 Å². The van der Waals surface area contributed by atoms with Crippen LogP contribution in [0.4, 0.5) is 13.6 Å². The highest BCUT2D eigenvalue weighted by Gasteiger charge is 2.38. The van der Waals surface area contributed by atoms with Crippen molar-refractivity contribution in [2.24, 2.45) is 0 Å². The topological polar surface area (TPSA) is 95.9 Å². The van der Waals surface area contributed by atoms with E-state index in [-0.39, 0.29) is 24.2 Å². The fourth-order valence-corrected chi connectivity index (χ4v) is 3.15. The number of amides is 2. The lowest BCUT2D eigenvalue weighted by molar-refractivity contribution is -0.138. The summed E-state index contributed by atoms with van der Waals surface area (Å²) in [7, 11) is 1.14. The molecule has 0 bridgehead atoms. The lowest BCUT2D eigenvalue weighted by Crippen LogP contribution is -2.48. The minimum Gasteiger partial charge on any atom is -0.481 e. The van der Waals surface area contributed by atoms with Gasteiger partial charge in [-0.25, -0.2) is 18.4 Å². The molecule has 0 saturated heterocycles. The summed E-state index contributed by atoms with van der Waals surface area (Å²) in [5.74, 6) is -3.47. The Balaban J connectivity index is 2.31. The van der Waals surface area contributed by atoms with Crippen LogP contribution in [0.15, 0.2) is 29.5 Å². The summed E-state index contributed by atoms with van der Waals surface area (Å²) in [6.45, 7) is 1.73. The Labute approximate surface area is 161 Å². The maximum Gasteiger partial charge on any atom is 0.337 e. The van der Waals surface area contributed by atoms with Gasteiger partial charge in [-0.1, -0.05) is 12.5 Å². The van der Waals surface area contributed by atoms with Gasteiger partial charge in [-0.05, 0) is 31.9 Å². The third kappa shape index (κ3) is 4.65. The SMILES string of the molecule is COC(=O)C1=C(C)N(CCCCCC(=O)O)C(=O)NC1c1c(F)cccc1F. The number of benzene rings is 1. The number of ether oxygens (including phenoxy) is 1. The van der Waals surface area contributed by atoms with Crippen molar-refractivity contribution in [1.29, 1.82) is 0 Å².